The molecule has 4 nitrogen and oxygen atoms in total. The van der Waals surface area contributed by atoms with E-state index in [1.54, 1.807) is 0 Å². The van der Waals surface area contributed by atoms with Crippen LogP contribution in [0.4, 0.5) is 0 Å². The fourth-order valence-electron chi connectivity index (χ4n) is 3.65. The van der Waals surface area contributed by atoms with Crippen molar-refractivity contribution in [2.24, 2.45) is 11.8 Å². The van der Waals surface area contributed by atoms with E-state index in [4.69, 9.17) is 0 Å². The van der Waals surface area contributed by atoms with Crippen molar-refractivity contribution in [1.82, 2.24) is 9.80 Å². The lowest BCUT2D eigenvalue weighted by atomic mass is 10.0. The SMILES string of the molecule is CC(C)CN(C(=O)[C@@H]1CC(=O)N(C2CCCC2)C1)C(C)C. The third-order valence-electron chi connectivity index (χ3n) is 4.74. The number of hydrogen-bond donors (Lipinski definition) is 0. The van der Waals surface area contributed by atoms with E-state index in [1.807, 2.05) is 9.80 Å². The number of amides is 2. The molecule has 0 aromatic rings. The van der Waals surface area contributed by atoms with Crippen LogP contribution in [0.25, 0.3) is 0 Å². The van der Waals surface area contributed by atoms with Gasteiger partial charge in [-0.3, -0.25) is 9.59 Å². The molecule has 1 heterocycles. The molecule has 2 rings (SSSR count). The van der Waals surface area contributed by atoms with Crippen LogP contribution in [0.15, 0.2) is 0 Å². The summed E-state index contributed by atoms with van der Waals surface area (Å²) in [6, 6.07) is 0.600. The van der Waals surface area contributed by atoms with Gasteiger partial charge in [0.05, 0.1) is 5.92 Å². The van der Waals surface area contributed by atoms with Crippen LogP contribution >= 0.6 is 0 Å². The average Bonchev–Trinajstić information content (AvgIpc) is 3.03. The monoisotopic (exact) mass is 294 g/mol. The van der Waals surface area contributed by atoms with E-state index in [9.17, 15) is 9.59 Å². The molecule has 1 aliphatic carbocycles. The number of nitrogens with zero attached hydrogens (tertiary/aromatic N) is 2. The molecule has 21 heavy (non-hydrogen) atoms. The third kappa shape index (κ3) is 3.78. The van der Waals surface area contributed by atoms with Crippen LogP contribution in [-0.4, -0.2) is 46.8 Å². The minimum absolute atomic E-state index is 0.126. The first-order valence-corrected chi connectivity index (χ1v) is 8.50. The summed E-state index contributed by atoms with van der Waals surface area (Å²) >= 11 is 0. The van der Waals surface area contributed by atoms with Crippen LogP contribution in [0, 0.1) is 11.8 Å². The summed E-state index contributed by atoms with van der Waals surface area (Å²) in [5.41, 5.74) is 0. The highest BCUT2D eigenvalue weighted by atomic mass is 16.2. The molecule has 0 radical (unpaired) electrons. The van der Waals surface area contributed by atoms with E-state index in [-0.39, 0.29) is 23.8 Å². The number of likely N-dealkylation sites (tertiary alicyclic amines) is 1. The van der Waals surface area contributed by atoms with Gasteiger partial charge in [-0.2, -0.15) is 0 Å². The molecule has 0 unspecified atom stereocenters. The van der Waals surface area contributed by atoms with Crippen molar-refractivity contribution in [1.29, 1.82) is 0 Å². The van der Waals surface area contributed by atoms with Gasteiger partial charge in [-0.05, 0) is 32.6 Å². The molecular weight excluding hydrogens is 264 g/mol. The standard InChI is InChI=1S/C17H30N2O2/c1-12(2)10-18(13(3)4)17(21)14-9-16(20)19(11-14)15-7-5-6-8-15/h12-15H,5-11H2,1-4H3/t14-/m1/s1. The summed E-state index contributed by atoms with van der Waals surface area (Å²) in [4.78, 5) is 29.0. The van der Waals surface area contributed by atoms with Crippen molar-refractivity contribution in [2.45, 2.75) is 71.9 Å². The van der Waals surface area contributed by atoms with Crippen LogP contribution < -0.4 is 0 Å². The number of hydrogen-bond acceptors (Lipinski definition) is 2. The topological polar surface area (TPSA) is 40.6 Å². The Morgan fingerprint density at radius 3 is 2.38 bits per heavy atom. The molecule has 0 bridgehead atoms. The maximum Gasteiger partial charge on any atom is 0.228 e. The van der Waals surface area contributed by atoms with Crippen molar-refractivity contribution >= 4 is 11.8 Å². The molecule has 1 aliphatic heterocycles. The highest BCUT2D eigenvalue weighted by molar-refractivity contribution is 5.89. The smallest absolute Gasteiger partial charge is 0.228 e. The first-order chi connectivity index (χ1) is 9.90. The number of rotatable bonds is 5. The predicted molar refractivity (Wildman–Crippen MR) is 83.8 cm³/mol. The second-order valence-electron chi connectivity index (χ2n) is 7.36. The molecule has 2 amide bonds. The molecule has 4 heteroatoms. The molecule has 0 aromatic heterocycles. The van der Waals surface area contributed by atoms with Gasteiger partial charge in [0, 0.05) is 31.6 Å². The number of carbonyl (C=O) groups is 2. The van der Waals surface area contributed by atoms with Gasteiger partial charge in [0.1, 0.15) is 0 Å². The Hall–Kier alpha value is -1.06. The largest absolute Gasteiger partial charge is 0.340 e. The van der Waals surface area contributed by atoms with Crippen molar-refractivity contribution in [3.05, 3.63) is 0 Å². The summed E-state index contributed by atoms with van der Waals surface area (Å²) in [5.74, 6) is 0.694. The zero-order chi connectivity index (χ0) is 15.6. The van der Waals surface area contributed by atoms with E-state index < -0.39 is 0 Å². The van der Waals surface area contributed by atoms with E-state index >= 15 is 0 Å². The molecule has 120 valence electrons. The van der Waals surface area contributed by atoms with E-state index in [0.29, 0.717) is 24.9 Å². The quantitative estimate of drug-likeness (QED) is 0.782. The zero-order valence-corrected chi connectivity index (χ0v) is 14.0. The Labute approximate surface area is 128 Å². The normalized spacial score (nSPS) is 23.6. The lowest BCUT2D eigenvalue weighted by molar-refractivity contribution is -0.138. The minimum Gasteiger partial charge on any atom is -0.340 e. The first-order valence-electron chi connectivity index (χ1n) is 8.50. The van der Waals surface area contributed by atoms with E-state index in [1.165, 1.54) is 12.8 Å². The third-order valence-corrected chi connectivity index (χ3v) is 4.74. The van der Waals surface area contributed by atoms with Gasteiger partial charge in [-0.25, -0.2) is 0 Å². The molecule has 2 fully saturated rings. The molecule has 1 atom stereocenters. The summed E-state index contributed by atoms with van der Waals surface area (Å²) in [6.07, 6.45) is 5.09. The predicted octanol–water partition coefficient (Wildman–Crippen LogP) is 2.67. The van der Waals surface area contributed by atoms with Gasteiger partial charge in [0.2, 0.25) is 11.8 Å². The van der Waals surface area contributed by atoms with Crippen LogP contribution in [0.1, 0.15) is 59.8 Å². The number of carbonyl (C=O) groups excluding carboxylic acids is 2. The van der Waals surface area contributed by atoms with Gasteiger partial charge in [0.25, 0.3) is 0 Å². The van der Waals surface area contributed by atoms with Crippen molar-refractivity contribution in [2.75, 3.05) is 13.1 Å². The van der Waals surface area contributed by atoms with Crippen LogP contribution in [0.3, 0.4) is 0 Å². The minimum atomic E-state index is -0.126. The molecule has 0 N–H and O–H groups in total. The molecule has 0 spiro atoms. The van der Waals surface area contributed by atoms with Crippen molar-refractivity contribution in [3.63, 3.8) is 0 Å². The summed E-state index contributed by atoms with van der Waals surface area (Å²) in [6.45, 7) is 9.81. The summed E-state index contributed by atoms with van der Waals surface area (Å²) in [5, 5.41) is 0. The second kappa shape index (κ2) is 6.80. The lowest BCUT2D eigenvalue weighted by Crippen LogP contribution is -2.44. The highest BCUT2D eigenvalue weighted by Gasteiger charge is 2.40. The second-order valence-corrected chi connectivity index (χ2v) is 7.36. The van der Waals surface area contributed by atoms with Gasteiger partial charge in [0.15, 0.2) is 0 Å². The van der Waals surface area contributed by atoms with Crippen molar-refractivity contribution in [3.8, 4) is 0 Å². The Bertz CT molecular complexity index is 386. The highest BCUT2D eigenvalue weighted by Crippen LogP contribution is 2.30. The zero-order valence-electron chi connectivity index (χ0n) is 14.0. The fourth-order valence-corrected chi connectivity index (χ4v) is 3.65. The Morgan fingerprint density at radius 1 is 1.24 bits per heavy atom. The van der Waals surface area contributed by atoms with Gasteiger partial charge in [-0.1, -0.05) is 26.7 Å². The molecule has 0 aromatic carbocycles. The molecular formula is C17H30N2O2. The Morgan fingerprint density at radius 2 is 1.86 bits per heavy atom. The maximum atomic E-state index is 12.8. The molecule has 2 aliphatic rings. The van der Waals surface area contributed by atoms with Gasteiger partial charge in [-0.15, -0.1) is 0 Å². The molecule has 1 saturated heterocycles. The van der Waals surface area contributed by atoms with Crippen LogP contribution in [-0.2, 0) is 9.59 Å². The van der Waals surface area contributed by atoms with Gasteiger partial charge >= 0.3 is 0 Å². The molecule has 1 saturated carbocycles. The van der Waals surface area contributed by atoms with Crippen LogP contribution in [0.2, 0.25) is 0 Å². The average molecular weight is 294 g/mol. The van der Waals surface area contributed by atoms with Crippen molar-refractivity contribution < 1.29 is 9.59 Å². The lowest BCUT2D eigenvalue weighted by Gasteiger charge is -2.31. The van der Waals surface area contributed by atoms with E-state index in [0.717, 1.165) is 19.4 Å². The van der Waals surface area contributed by atoms with Gasteiger partial charge < -0.3 is 9.80 Å². The first kappa shape index (κ1) is 16.3. The van der Waals surface area contributed by atoms with Crippen LogP contribution in [0.5, 0.6) is 0 Å². The Balaban J connectivity index is 2.00. The summed E-state index contributed by atoms with van der Waals surface area (Å²) in [7, 11) is 0. The maximum absolute atomic E-state index is 12.8. The van der Waals surface area contributed by atoms with E-state index in [2.05, 4.69) is 27.7 Å². The summed E-state index contributed by atoms with van der Waals surface area (Å²) < 4.78 is 0. The Kier molecular flexibility index (Phi) is 5.28. The fraction of sp³-hybridized carbons (Fsp3) is 0.882.